The Morgan fingerprint density at radius 2 is 2.12 bits per heavy atom. The minimum atomic E-state index is 0.00996. The van der Waals surface area contributed by atoms with Crippen molar-refractivity contribution in [2.24, 2.45) is 0 Å². The molecule has 1 aliphatic rings. The molecule has 0 radical (unpaired) electrons. The van der Waals surface area contributed by atoms with E-state index in [1.54, 1.807) is 6.08 Å². The predicted octanol–water partition coefficient (Wildman–Crippen LogP) is 3.13. The number of carbonyl (C=O) groups is 1. The lowest BCUT2D eigenvalue weighted by Crippen LogP contribution is -2.23. The van der Waals surface area contributed by atoms with Gasteiger partial charge in [-0.25, -0.2) is 0 Å². The van der Waals surface area contributed by atoms with Crippen molar-refractivity contribution < 1.29 is 4.79 Å². The first-order chi connectivity index (χ1) is 7.66. The summed E-state index contributed by atoms with van der Waals surface area (Å²) in [7, 11) is 0. The van der Waals surface area contributed by atoms with Crippen LogP contribution in [-0.2, 0) is 4.79 Å². The Morgan fingerprint density at radius 1 is 1.44 bits per heavy atom. The molecular formula is C13H14BrNO. The van der Waals surface area contributed by atoms with Crippen LogP contribution in [0, 0.1) is 0 Å². The van der Waals surface area contributed by atoms with E-state index in [2.05, 4.69) is 21.2 Å². The monoisotopic (exact) mass is 279 g/mol. The molecule has 1 fully saturated rings. The lowest BCUT2D eigenvalue weighted by Gasteiger charge is -2.04. The molecule has 0 aromatic heterocycles. The first kappa shape index (κ1) is 11.4. The Balaban J connectivity index is 2.10. The summed E-state index contributed by atoms with van der Waals surface area (Å²) in [6.07, 6.45) is 3.90. The molecule has 1 aromatic carbocycles. The van der Waals surface area contributed by atoms with Crippen molar-refractivity contribution in [2.45, 2.75) is 25.8 Å². The molecule has 0 atom stereocenters. The maximum atomic E-state index is 11.6. The van der Waals surface area contributed by atoms with Crippen LogP contribution in [0.3, 0.4) is 0 Å². The van der Waals surface area contributed by atoms with Crippen molar-refractivity contribution in [3.63, 3.8) is 0 Å². The van der Waals surface area contributed by atoms with E-state index in [9.17, 15) is 4.79 Å². The number of benzene rings is 1. The van der Waals surface area contributed by atoms with Crippen molar-refractivity contribution in [3.05, 3.63) is 40.4 Å². The van der Waals surface area contributed by atoms with Crippen LogP contribution in [0.15, 0.2) is 34.8 Å². The molecule has 0 unspecified atom stereocenters. The molecule has 2 rings (SSSR count). The van der Waals surface area contributed by atoms with E-state index in [1.807, 2.05) is 31.2 Å². The number of carbonyl (C=O) groups excluding carboxylic acids is 1. The number of hydrogen-bond donors (Lipinski definition) is 1. The zero-order chi connectivity index (χ0) is 11.5. The lowest BCUT2D eigenvalue weighted by molar-refractivity contribution is -0.116. The van der Waals surface area contributed by atoms with E-state index in [1.165, 1.54) is 0 Å². The molecule has 0 bridgehead atoms. The largest absolute Gasteiger partial charge is 0.350 e. The lowest BCUT2D eigenvalue weighted by atomic mass is 10.1. The number of halogens is 1. The maximum Gasteiger partial charge on any atom is 0.244 e. The third kappa shape index (κ3) is 2.95. The van der Waals surface area contributed by atoms with Gasteiger partial charge >= 0.3 is 0 Å². The van der Waals surface area contributed by atoms with E-state index in [-0.39, 0.29) is 5.91 Å². The highest BCUT2D eigenvalue weighted by atomic mass is 79.9. The van der Waals surface area contributed by atoms with Gasteiger partial charge in [0.2, 0.25) is 5.91 Å². The summed E-state index contributed by atoms with van der Waals surface area (Å²) in [6.45, 7) is 1.95. The van der Waals surface area contributed by atoms with Crippen molar-refractivity contribution in [1.29, 1.82) is 0 Å². The minimum Gasteiger partial charge on any atom is -0.350 e. The van der Waals surface area contributed by atoms with Gasteiger partial charge < -0.3 is 5.32 Å². The fourth-order valence-electron chi connectivity index (χ4n) is 1.53. The third-order valence-corrected chi connectivity index (χ3v) is 3.26. The predicted molar refractivity (Wildman–Crippen MR) is 69.0 cm³/mol. The van der Waals surface area contributed by atoms with Crippen molar-refractivity contribution in [1.82, 2.24) is 5.32 Å². The van der Waals surface area contributed by atoms with Crippen molar-refractivity contribution >= 4 is 27.4 Å². The summed E-state index contributed by atoms with van der Waals surface area (Å²) >= 11 is 3.48. The van der Waals surface area contributed by atoms with Gasteiger partial charge in [-0.05, 0) is 37.0 Å². The second kappa shape index (κ2) is 4.83. The Labute approximate surface area is 104 Å². The molecule has 0 saturated heterocycles. The Kier molecular flexibility index (Phi) is 3.44. The van der Waals surface area contributed by atoms with Gasteiger partial charge in [0.25, 0.3) is 0 Å². The van der Waals surface area contributed by atoms with Crippen LogP contribution >= 0.6 is 15.9 Å². The molecular weight excluding hydrogens is 266 g/mol. The van der Waals surface area contributed by atoms with Crippen molar-refractivity contribution in [2.75, 3.05) is 0 Å². The minimum absolute atomic E-state index is 0.00996. The molecule has 2 nitrogen and oxygen atoms in total. The molecule has 0 heterocycles. The van der Waals surface area contributed by atoms with Crippen LogP contribution in [0.5, 0.6) is 0 Å². The molecule has 84 valence electrons. The smallest absolute Gasteiger partial charge is 0.244 e. The molecule has 3 heteroatoms. The van der Waals surface area contributed by atoms with Crippen LogP contribution in [0.4, 0.5) is 0 Å². The van der Waals surface area contributed by atoms with E-state index in [4.69, 9.17) is 0 Å². The summed E-state index contributed by atoms with van der Waals surface area (Å²) in [6, 6.07) is 8.32. The average molecular weight is 280 g/mol. The summed E-state index contributed by atoms with van der Waals surface area (Å²) < 4.78 is 1.02. The van der Waals surface area contributed by atoms with Gasteiger partial charge in [0, 0.05) is 16.6 Å². The number of rotatable bonds is 3. The molecule has 0 aliphatic heterocycles. The Morgan fingerprint density at radius 3 is 2.75 bits per heavy atom. The first-order valence-electron chi connectivity index (χ1n) is 5.40. The van der Waals surface area contributed by atoms with Gasteiger partial charge in [0.1, 0.15) is 0 Å². The van der Waals surface area contributed by atoms with Crippen LogP contribution < -0.4 is 5.32 Å². The topological polar surface area (TPSA) is 29.1 Å². The third-order valence-electron chi connectivity index (χ3n) is 2.57. The van der Waals surface area contributed by atoms with E-state index >= 15 is 0 Å². The number of allylic oxidation sites excluding steroid dienone is 1. The first-order valence-corrected chi connectivity index (χ1v) is 6.20. The quantitative estimate of drug-likeness (QED) is 0.847. The number of nitrogens with one attached hydrogen (secondary N) is 1. The van der Waals surface area contributed by atoms with Gasteiger partial charge in [0.05, 0.1) is 0 Å². The molecule has 1 amide bonds. The summed E-state index contributed by atoms with van der Waals surface area (Å²) in [5, 5.41) is 2.94. The van der Waals surface area contributed by atoms with E-state index in [0.717, 1.165) is 28.5 Å². The molecule has 1 aliphatic carbocycles. The summed E-state index contributed by atoms with van der Waals surface area (Å²) in [5.74, 6) is 0.00996. The Hall–Kier alpha value is -1.09. The fourth-order valence-corrected chi connectivity index (χ4v) is 2.12. The van der Waals surface area contributed by atoms with E-state index < -0.39 is 0 Å². The molecule has 16 heavy (non-hydrogen) atoms. The van der Waals surface area contributed by atoms with Crippen molar-refractivity contribution in [3.8, 4) is 0 Å². The zero-order valence-corrected chi connectivity index (χ0v) is 10.8. The Bertz CT molecular complexity index is 435. The normalized spacial score (nSPS) is 16.0. The SMILES string of the molecule is CC(=CC(=O)NC1CC1)c1ccccc1Br. The van der Waals surface area contributed by atoms with Crippen LogP contribution in [0.2, 0.25) is 0 Å². The van der Waals surface area contributed by atoms with Gasteiger partial charge in [-0.15, -0.1) is 0 Å². The van der Waals surface area contributed by atoms with E-state index in [0.29, 0.717) is 6.04 Å². The van der Waals surface area contributed by atoms with Gasteiger partial charge in [-0.2, -0.15) is 0 Å². The van der Waals surface area contributed by atoms with Crippen LogP contribution in [0.25, 0.3) is 5.57 Å². The molecule has 1 N–H and O–H groups in total. The maximum absolute atomic E-state index is 11.6. The number of hydrogen-bond acceptors (Lipinski definition) is 1. The van der Waals surface area contributed by atoms with Crippen LogP contribution in [-0.4, -0.2) is 11.9 Å². The average Bonchev–Trinajstić information content (AvgIpc) is 3.01. The van der Waals surface area contributed by atoms with Gasteiger partial charge in [-0.3, -0.25) is 4.79 Å². The fraction of sp³-hybridized carbons (Fsp3) is 0.308. The summed E-state index contributed by atoms with van der Waals surface area (Å²) in [5.41, 5.74) is 2.04. The second-order valence-corrected chi connectivity index (χ2v) is 4.94. The molecule has 1 saturated carbocycles. The number of amides is 1. The molecule has 0 spiro atoms. The van der Waals surface area contributed by atoms with Gasteiger partial charge in [0.15, 0.2) is 0 Å². The highest BCUT2D eigenvalue weighted by molar-refractivity contribution is 9.10. The highest BCUT2D eigenvalue weighted by Crippen LogP contribution is 2.24. The highest BCUT2D eigenvalue weighted by Gasteiger charge is 2.22. The second-order valence-electron chi connectivity index (χ2n) is 4.09. The molecule has 1 aromatic rings. The van der Waals surface area contributed by atoms with Crippen LogP contribution in [0.1, 0.15) is 25.3 Å². The standard InChI is InChI=1S/C13H14BrNO/c1-9(8-13(16)15-10-6-7-10)11-4-2-3-5-12(11)14/h2-5,8,10H,6-7H2,1H3,(H,15,16). The zero-order valence-electron chi connectivity index (χ0n) is 9.16. The van der Waals surface area contributed by atoms with Gasteiger partial charge in [-0.1, -0.05) is 34.1 Å². The summed E-state index contributed by atoms with van der Waals surface area (Å²) in [4.78, 5) is 11.6.